The molecule has 0 saturated carbocycles. The van der Waals surface area contributed by atoms with Crippen LogP contribution in [0.25, 0.3) is 0 Å². The Morgan fingerprint density at radius 3 is 2.78 bits per heavy atom. The van der Waals surface area contributed by atoms with E-state index in [1.807, 2.05) is 46.9 Å². The predicted molar refractivity (Wildman–Crippen MR) is 103 cm³/mol. The number of carbonyl (C=O) groups is 1. The molecule has 6 nitrogen and oxygen atoms in total. The molecule has 3 aromatic heterocycles. The van der Waals surface area contributed by atoms with Crippen LogP contribution in [-0.4, -0.2) is 49.4 Å². The number of carbonyl (C=O) groups excluding carboxylic acids is 1. The Kier molecular flexibility index (Phi) is 4.06. The second-order valence-electron chi connectivity index (χ2n) is 7.24. The van der Waals surface area contributed by atoms with Crippen molar-refractivity contribution in [2.24, 2.45) is 0 Å². The predicted octanol–water partition coefficient (Wildman–Crippen LogP) is 2.73. The minimum atomic E-state index is 0.0997. The summed E-state index contributed by atoms with van der Waals surface area (Å²) in [5.41, 5.74) is 4.73. The van der Waals surface area contributed by atoms with Gasteiger partial charge in [0.05, 0.1) is 35.5 Å². The number of fused-ring (bicyclic) bond motifs is 3. The van der Waals surface area contributed by atoms with Gasteiger partial charge in [-0.3, -0.25) is 14.7 Å². The zero-order valence-electron chi connectivity index (χ0n) is 15.2. The Morgan fingerprint density at radius 1 is 1.11 bits per heavy atom. The van der Waals surface area contributed by atoms with Crippen molar-refractivity contribution in [1.29, 1.82) is 0 Å². The Morgan fingerprint density at radius 2 is 2.00 bits per heavy atom. The zero-order chi connectivity index (χ0) is 18.4. The number of aromatic nitrogens is 3. The zero-order valence-corrected chi connectivity index (χ0v) is 16.0. The summed E-state index contributed by atoms with van der Waals surface area (Å²) < 4.78 is 2.17. The van der Waals surface area contributed by atoms with E-state index in [1.54, 1.807) is 17.5 Å². The van der Waals surface area contributed by atoms with E-state index in [2.05, 4.69) is 26.4 Å². The van der Waals surface area contributed by atoms with E-state index in [1.165, 1.54) is 4.88 Å². The number of hydrogen-bond donors (Lipinski definition) is 0. The van der Waals surface area contributed by atoms with Gasteiger partial charge in [0.15, 0.2) is 0 Å². The molecule has 0 aliphatic carbocycles. The van der Waals surface area contributed by atoms with Crippen molar-refractivity contribution in [2.75, 3.05) is 13.1 Å². The monoisotopic (exact) mass is 379 g/mol. The number of hydrogen-bond acceptors (Lipinski definition) is 5. The highest BCUT2D eigenvalue weighted by molar-refractivity contribution is 7.09. The molecule has 1 saturated heterocycles. The van der Waals surface area contributed by atoms with Gasteiger partial charge in [-0.15, -0.1) is 11.3 Å². The topological polar surface area (TPSA) is 54.3 Å². The Bertz CT molecular complexity index is 966. The first kappa shape index (κ1) is 16.6. The van der Waals surface area contributed by atoms with Crippen molar-refractivity contribution in [3.63, 3.8) is 0 Å². The van der Waals surface area contributed by atoms with E-state index in [4.69, 9.17) is 0 Å². The lowest BCUT2D eigenvalue weighted by atomic mass is 10.1. The molecule has 0 bridgehead atoms. The Hall–Kier alpha value is -2.51. The maximum atomic E-state index is 13.2. The van der Waals surface area contributed by atoms with Gasteiger partial charge in [0.1, 0.15) is 5.69 Å². The second kappa shape index (κ2) is 6.58. The normalized spacial score (nSPS) is 22.1. The molecule has 0 radical (unpaired) electrons. The minimum absolute atomic E-state index is 0.0997. The third kappa shape index (κ3) is 2.87. The largest absolute Gasteiger partial charge is 0.337 e. The lowest BCUT2D eigenvalue weighted by molar-refractivity contribution is 0.0553. The van der Waals surface area contributed by atoms with Crippen molar-refractivity contribution in [1.82, 2.24) is 24.3 Å². The van der Waals surface area contributed by atoms with Crippen molar-refractivity contribution >= 4 is 17.2 Å². The van der Waals surface area contributed by atoms with Gasteiger partial charge < -0.3 is 9.47 Å². The number of aryl methyl sites for hydroxylation is 1. The summed E-state index contributed by atoms with van der Waals surface area (Å²) in [6.45, 7) is 5.33. The summed E-state index contributed by atoms with van der Waals surface area (Å²) in [5.74, 6) is 0.0997. The Balaban J connectivity index is 1.45. The SMILES string of the molecule is Cc1ncsc1CN1C[C@@H]2[C@H](C1)n1cccc1C(=O)N2Cc1ccccn1. The van der Waals surface area contributed by atoms with E-state index < -0.39 is 0 Å². The fourth-order valence-corrected chi connectivity index (χ4v) is 5.07. The number of likely N-dealkylation sites (tertiary alicyclic amines) is 1. The highest BCUT2D eigenvalue weighted by Gasteiger charge is 2.45. The maximum absolute atomic E-state index is 13.2. The fraction of sp³-hybridized carbons (Fsp3) is 0.350. The summed E-state index contributed by atoms with van der Waals surface area (Å²) >= 11 is 1.71. The van der Waals surface area contributed by atoms with E-state index in [-0.39, 0.29) is 18.0 Å². The summed E-state index contributed by atoms with van der Waals surface area (Å²) in [4.78, 5) is 27.7. The first-order valence-electron chi connectivity index (χ1n) is 9.20. The van der Waals surface area contributed by atoms with Gasteiger partial charge in [-0.1, -0.05) is 6.07 Å². The molecule has 1 amide bonds. The highest BCUT2D eigenvalue weighted by Crippen LogP contribution is 2.35. The minimum Gasteiger partial charge on any atom is -0.337 e. The van der Waals surface area contributed by atoms with Crippen LogP contribution in [0.4, 0.5) is 0 Å². The smallest absolute Gasteiger partial charge is 0.271 e. The maximum Gasteiger partial charge on any atom is 0.271 e. The quantitative estimate of drug-likeness (QED) is 0.699. The molecule has 1 fully saturated rings. The first-order valence-corrected chi connectivity index (χ1v) is 10.1. The van der Waals surface area contributed by atoms with Crippen LogP contribution in [0.3, 0.4) is 0 Å². The second-order valence-corrected chi connectivity index (χ2v) is 8.18. The van der Waals surface area contributed by atoms with Gasteiger partial charge in [0.2, 0.25) is 0 Å². The van der Waals surface area contributed by atoms with Crippen LogP contribution in [0.1, 0.15) is 32.8 Å². The molecule has 0 N–H and O–H groups in total. The van der Waals surface area contributed by atoms with Crippen LogP contribution in [0, 0.1) is 6.92 Å². The number of thiazole rings is 1. The van der Waals surface area contributed by atoms with Gasteiger partial charge in [0, 0.05) is 36.9 Å². The molecular weight excluding hydrogens is 358 g/mol. The summed E-state index contributed by atoms with van der Waals surface area (Å²) in [6, 6.07) is 10.2. The van der Waals surface area contributed by atoms with Gasteiger partial charge >= 0.3 is 0 Å². The molecule has 7 heteroatoms. The van der Waals surface area contributed by atoms with Gasteiger partial charge in [-0.25, -0.2) is 4.98 Å². The molecule has 138 valence electrons. The lowest BCUT2D eigenvalue weighted by Gasteiger charge is -2.38. The molecular formula is C20H21N5OS. The van der Waals surface area contributed by atoms with Crippen LogP contribution >= 0.6 is 11.3 Å². The third-order valence-corrected chi connectivity index (χ3v) is 6.54. The van der Waals surface area contributed by atoms with Crippen LogP contribution in [0.2, 0.25) is 0 Å². The molecule has 5 rings (SSSR count). The van der Waals surface area contributed by atoms with Gasteiger partial charge in [-0.2, -0.15) is 0 Å². The molecule has 0 aromatic carbocycles. The average Bonchev–Trinajstić information content (AvgIpc) is 3.40. The molecule has 2 atom stereocenters. The van der Waals surface area contributed by atoms with E-state index in [0.29, 0.717) is 6.54 Å². The highest BCUT2D eigenvalue weighted by atomic mass is 32.1. The van der Waals surface area contributed by atoms with Crippen LogP contribution in [0.15, 0.2) is 48.2 Å². The fourth-order valence-electron chi connectivity index (χ4n) is 4.25. The molecule has 3 aromatic rings. The van der Waals surface area contributed by atoms with Gasteiger partial charge in [-0.05, 0) is 31.2 Å². The molecule has 27 heavy (non-hydrogen) atoms. The molecule has 5 heterocycles. The van der Waals surface area contributed by atoms with Crippen molar-refractivity contribution < 1.29 is 4.79 Å². The van der Waals surface area contributed by atoms with E-state index in [9.17, 15) is 4.79 Å². The lowest BCUT2D eigenvalue weighted by Crippen LogP contribution is -2.49. The van der Waals surface area contributed by atoms with Crippen LogP contribution in [0.5, 0.6) is 0 Å². The summed E-state index contributed by atoms with van der Waals surface area (Å²) in [6.07, 6.45) is 3.84. The Labute approximate surface area is 162 Å². The van der Waals surface area contributed by atoms with Gasteiger partial charge in [0.25, 0.3) is 5.91 Å². The van der Waals surface area contributed by atoms with E-state index in [0.717, 1.165) is 36.7 Å². The third-order valence-electron chi connectivity index (χ3n) is 5.62. The molecule has 0 spiro atoms. The van der Waals surface area contributed by atoms with Crippen LogP contribution in [-0.2, 0) is 13.1 Å². The summed E-state index contributed by atoms with van der Waals surface area (Å²) in [7, 11) is 0. The summed E-state index contributed by atoms with van der Waals surface area (Å²) in [5, 5.41) is 0. The standard InChI is InChI=1S/C20H21N5OS/c1-14-19(27-13-22-14)12-23-10-17-18(11-23)25(9-15-5-2-3-7-21-15)20(26)16-6-4-8-24(16)17/h2-8,13,17-18H,9-12H2,1H3/t17-,18+/m0/s1. The number of amides is 1. The molecule has 2 aliphatic rings. The van der Waals surface area contributed by atoms with Crippen LogP contribution < -0.4 is 0 Å². The molecule has 2 aliphatic heterocycles. The number of pyridine rings is 1. The van der Waals surface area contributed by atoms with Crippen molar-refractivity contribution in [2.45, 2.75) is 32.1 Å². The number of nitrogens with zero attached hydrogens (tertiary/aromatic N) is 5. The average molecular weight is 379 g/mol. The number of rotatable bonds is 4. The van der Waals surface area contributed by atoms with E-state index >= 15 is 0 Å². The van der Waals surface area contributed by atoms with Crippen molar-refractivity contribution in [3.8, 4) is 0 Å². The van der Waals surface area contributed by atoms with Crippen molar-refractivity contribution in [3.05, 3.63) is 70.2 Å². The molecule has 0 unspecified atom stereocenters. The first-order chi connectivity index (χ1) is 13.2.